The fourth-order valence-corrected chi connectivity index (χ4v) is 5.07. The van der Waals surface area contributed by atoms with E-state index in [2.05, 4.69) is 31.3 Å². The van der Waals surface area contributed by atoms with Crippen molar-refractivity contribution in [2.75, 3.05) is 11.9 Å². The van der Waals surface area contributed by atoms with Crippen molar-refractivity contribution in [3.8, 4) is 5.75 Å². The van der Waals surface area contributed by atoms with Gasteiger partial charge in [-0.15, -0.1) is 11.3 Å². The number of ether oxygens (including phenoxy) is 1. The van der Waals surface area contributed by atoms with Crippen LogP contribution in [0.2, 0.25) is 0 Å². The van der Waals surface area contributed by atoms with Gasteiger partial charge in [-0.2, -0.15) is 0 Å². The van der Waals surface area contributed by atoms with Crippen LogP contribution in [-0.2, 0) is 17.6 Å². The highest BCUT2D eigenvalue weighted by atomic mass is 32.1. The Labute approximate surface area is 185 Å². The predicted molar refractivity (Wildman–Crippen MR) is 126 cm³/mol. The molecule has 0 radical (unpaired) electrons. The molecule has 1 aliphatic carbocycles. The normalized spacial score (nSPS) is 15.7. The van der Waals surface area contributed by atoms with E-state index >= 15 is 0 Å². The van der Waals surface area contributed by atoms with Crippen LogP contribution in [0.5, 0.6) is 5.75 Å². The summed E-state index contributed by atoms with van der Waals surface area (Å²) in [5, 5.41) is 3.69. The Balaban J connectivity index is 1.60. The molecule has 1 aliphatic rings. The summed E-state index contributed by atoms with van der Waals surface area (Å²) in [6.07, 6.45) is 12.5. The van der Waals surface area contributed by atoms with Crippen LogP contribution in [0.1, 0.15) is 92.8 Å². The maximum atomic E-state index is 12.5. The number of amides is 1. The van der Waals surface area contributed by atoms with E-state index in [0.29, 0.717) is 5.92 Å². The van der Waals surface area contributed by atoms with Gasteiger partial charge in [0.05, 0.1) is 5.69 Å². The monoisotopic (exact) mass is 428 g/mol. The number of nitrogens with one attached hydrogen (secondary N) is 1. The number of carbonyl (C=O) groups excluding carboxylic acids is 1. The van der Waals surface area contributed by atoms with Crippen LogP contribution in [-0.4, -0.2) is 17.5 Å². The van der Waals surface area contributed by atoms with Gasteiger partial charge in [0, 0.05) is 4.88 Å². The number of fused-ring (bicyclic) bond motifs is 1. The van der Waals surface area contributed by atoms with Crippen LogP contribution in [0.3, 0.4) is 0 Å². The first-order valence-corrected chi connectivity index (χ1v) is 12.4. The molecule has 1 amide bonds. The van der Waals surface area contributed by atoms with Crippen molar-refractivity contribution in [3.63, 3.8) is 0 Å². The molecule has 0 saturated carbocycles. The number of aryl methyl sites for hydroxylation is 3. The quantitative estimate of drug-likeness (QED) is 0.569. The van der Waals surface area contributed by atoms with Crippen LogP contribution in [0.4, 0.5) is 5.13 Å². The Hall–Kier alpha value is -1.88. The SMILES string of the molecule is Cc1ccc(C(C)C)c(OCC(=O)Nc2nc3c(s2)CCCCCCCCCC3)c1. The number of anilines is 1. The number of rotatable bonds is 5. The molecule has 0 bridgehead atoms. The van der Waals surface area contributed by atoms with E-state index in [1.54, 1.807) is 11.3 Å². The first-order chi connectivity index (χ1) is 14.5. The van der Waals surface area contributed by atoms with Crippen molar-refractivity contribution in [1.82, 2.24) is 4.98 Å². The van der Waals surface area contributed by atoms with Gasteiger partial charge < -0.3 is 4.74 Å². The summed E-state index contributed by atoms with van der Waals surface area (Å²) in [5.74, 6) is 1.01. The third-order valence-corrected chi connectivity index (χ3v) is 6.81. The van der Waals surface area contributed by atoms with Crippen molar-refractivity contribution < 1.29 is 9.53 Å². The topological polar surface area (TPSA) is 51.2 Å². The van der Waals surface area contributed by atoms with Crippen molar-refractivity contribution in [2.24, 2.45) is 0 Å². The third-order valence-electron chi connectivity index (χ3n) is 5.74. The van der Waals surface area contributed by atoms with E-state index in [9.17, 15) is 4.79 Å². The molecule has 0 saturated heterocycles. The van der Waals surface area contributed by atoms with E-state index in [0.717, 1.165) is 34.8 Å². The molecule has 30 heavy (non-hydrogen) atoms. The molecule has 0 spiro atoms. The standard InChI is InChI=1S/C25H36N2O2S/c1-18(2)20-15-14-19(3)16-22(20)29-17-24(28)27-25-26-21-12-10-8-6-4-5-7-9-11-13-23(21)30-25/h14-16,18H,4-13,17H2,1-3H3,(H,26,27,28). The number of aromatic nitrogens is 1. The van der Waals surface area contributed by atoms with E-state index in [1.807, 2.05) is 13.0 Å². The van der Waals surface area contributed by atoms with E-state index in [4.69, 9.17) is 9.72 Å². The molecule has 0 atom stereocenters. The van der Waals surface area contributed by atoms with Crippen LogP contribution in [0.25, 0.3) is 0 Å². The maximum absolute atomic E-state index is 12.5. The third kappa shape index (κ3) is 6.83. The molecule has 4 nitrogen and oxygen atoms in total. The Bertz CT molecular complexity index is 799. The number of hydrogen-bond acceptors (Lipinski definition) is 4. The smallest absolute Gasteiger partial charge is 0.264 e. The van der Waals surface area contributed by atoms with Gasteiger partial charge in [-0.05, 0) is 55.7 Å². The highest BCUT2D eigenvalue weighted by Gasteiger charge is 2.15. The number of benzene rings is 1. The van der Waals surface area contributed by atoms with Crippen LogP contribution >= 0.6 is 11.3 Å². The summed E-state index contributed by atoms with van der Waals surface area (Å²) >= 11 is 1.65. The summed E-state index contributed by atoms with van der Waals surface area (Å²) in [6.45, 7) is 6.32. The fraction of sp³-hybridized carbons (Fsp3) is 0.600. The molecular formula is C25H36N2O2S. The molecule has 5 heteroatoms. The molecule has 1 heterocycles. The van der Waals surface area contributed by atoms with Crippen molar-refractivity contribution >= 4 is 22.4 Å². The van der Waals surface area contributed by atoms with Crippen LogP contribution < -0.4 is 10.1 Å². The van der Waals surface area contributed by atoms with Gasteiger partial charge in [-0.1, -0.05) is 64.5 Å². The van der Waals surface area contributed by atoms with Crippen LogP contribution in [0.15, 0.2) is 18.2 Å². The molecule has 1 N–H and O–H groups in total. The van der Waals surface area contributed by atoms with Crippen molar-refractivity contribution in [2.45, 2.75) is 90.9 Å². The molecule has 3 rings (SSSR count). The predicted octanol–water partition coefficient (Wildman–Crippen LogP) is 6.81. The number of carbonyl (C=O) groups is 1. The number of hydrogen-bond donors (Lipinski definition) is 1. The second kappa shape index (κ2) is 11.5. The molecule has 2 aromatic rings. The van der Waals surface area contributed by atoms with Crippen molar-refractivity contribution in [3.05, 3.63) is 39.9 Å². The van der Waals surface area contributed by atoms with Gasteiger partial charge in [0.15, 0.2) is 11.7 Å². The summed E-state index contributed by atoms with van der Waals surface area (Å²) in [4.78, 5) is 18.7. The lowest BCUT2D eigenvalue weighted by atomic mass is 10.0. The zero-order valence-electron chi connectivity index (χ0n) is 18.8. The molecule has 1 aromatic carbocycles. The Morgan fingerprint density at radius 3 is 2.43 bits per heavy atom. The lowest BCUT2D eigenvalue weighted by Crippen LogP contribution is -2.20. The lowest BCUT2D eigenvalue weighted by molar-refractivity contribution is -0.118. The zero-order valence-corrected chi connectivity index (χ0v) is 19.6. The van der Waals surface area contributed by atoms with Gasteiger partial charge >= 0.3 is 0 Å². The fourth-order valence-electron chi connectivity index (χ4n) is 4.01. The Kier molecular flexibility index (Phi) is 8.74. The van der Waals surface area contributed by atoms with E-state index < -0.39 is 0 Å². The van der Waals surface area contributed by atoms with Crippen LogP contribution in [0, 0.1) is 6.92 Å². The molecule has 1 aromatic heterocycles. The Morgan fingerprint density at radius 2 is 1.73 bits per heavy atom. The number of thiazole rings is 1. The zero-order chi connectivity index (χ0) is 21.3. The largest absolute Gasteiger partial charge is 0.483 e. The minimum absolute atomic E-state index is 0.00736. The van der Waals surface area contributed by atoms with Gasteiger partial charge in [0.1, 0.15) is 5.75 Å². The minimum atomic E-state index is -0.143. The molecule has 0 fully saturated rings. The first-order valence-electron chi connectivity index (χ1n) is 11.5. The maximum Gasteiger partial charge on any atom is 0.264 e. The summed E-state index contributed by atoms with van der Waals surface area (Å²) in [5.41, 5.74) is 3.45. The number of nitrogens with zero attached hydrogens (tertiary/aromatic N) is 1. The van der Waals surface area contributed by atoms with Gasteiger partial charge in [0.25, 0.3) is 5.91 Å². The highest BCUT2D eigenvalue weighted by Crippen LogP contribution is 2.29. The second-order valence-electron chi connectivity index (χ2n) is 8.75. The van der Waals surface area contributed by atoms with Crippen molar-refractivity contribution in [1.29, 1.82) is 0 Å². The average molecular weight is 429 g/mol. The second-order valence-corrected chi connectivity index (χ2v) is 9.83. The first kappa shape index (κ1) is 22.8. The summed E-state index contributed by atoms with van der Waals surface area (Å²) in [6, 6.07) is 6.18. The molecule has 0 aliphatic heterocycles. The van der Waals surface area contributed by atoms with Gasteiger partial charge in [0.2, 0.25) is 0 Å². The average Bonchev–Trinajstić information content (AvgIpc) is 3.07. The van der Waals surface area contributed by atoms with E-state index in [1.165, 1.54) is 61.9 Å². The summed E-state index contributed by atoms with van der Waals surface area (Å²) in [7, 11) is 0. The van der Waals surface area contributed by atoms with E-state index in [-0.39, 0.29) is 12.5 Å². The summed E-state index contributed by atoms with van der Waals surface area (Å²) < 4.78 is 5.88. The molecular weight excluding hydrogens is 392 g/mol. The highest BCUT2D eigenvalue weighted by molar-refractivity contribution is 7.15. The van der Waals surface area contributed by atoms with Gasteiger partial charge in [-0.3, -0.25) is 10.1 Å². The minimum Gasteiger partial charge on any atom is -0.483 e. The Morgan fingerprint density at radius 1 is 1.07 bits per heavy atom. The lowest BCUT2D eigenvalue weighted by Gasteiger charge is -2.14. The molecule has 0 unspecified atom stereocenters. The molecule has 164 valence electrons. The van der Waals surface area contributed by atoms with Gasteiger partial charge in [-0.25, -0.2) is 4.98 Å².